The van der Waals surface area contributed by atoms with Gasteiger partial charge in [-0.15, -0.1) is 0 Å². The zero-order valence-corrected chi connectivity index (χ0v) is 14.7. The van der Waals surface area contributed by atoms with E-state index in [1.54, 1.807) is 12.5 Å². The lowest BCUT2D eigenvalue weighted by Gasteiger charge is -2.37. The third-order valence-corrected chi connectivity index (χ3v) is 4.96. The van der Waals surface area contributed by atoms with E-state index in [0.29, 0.717) is 6.04 Å². The van der Waals surface area contributed by atoms with Gasteiger partial charge in [-0.1, -0.05) is 19.1 Å². The van der Waals surface area contributed by atoms with E-state index in [2.05, 4.69) is 39.0 Å². The van der Waals surface area contributed by atoms with Crippen molar-refractivity contribution in [3.63, 3.8) is 0 Å². The fourth-order valence-corrected chi connectivity index (χ4v) is 3.56. The van der Waals surface area contributed by atoms with E-state index in [1.807, 2.05) is 17.7 Å². The van der Waals surface area contributed by atoms with E-state index in [9.17, 15) is 4.79 Å². The molecule has 3 rings (SSSR count). The minimum Gasteiger partial charge on any atom is -0.480 e. The second kappa shape index (κ2) is 8.27. The number of likely N-dealkylation sites (tertiary alicyclic amines) is 1. The first kappa shape index (κ1) is 17.6. The van der Waals surface area contributed by atoms with Crippen molar-refractivity contribution in [2.24, 2.45) is 0 Å². The summed E-state index contributed by atoms with van der Waals surface area (Å²) in [4.78, 5) is 19.6. The number of benzene rings is 1. The molecule has 1 aliphatic heterocycles. The summed E-state index contributed by atoms with van der Waals surface area (Å²) < 4.78 is 2.00. The van der Waals surface area contributed by atoms with Gasteiger partial charge in [0.05, 0.1) is 12.9 Å². The van der Waals surface area contributed by atoms with Gasteiger partial charge in [0.2, 0.25) is 0 Å². The molecule has 0 saturated carbocycles. The number of likely N-dealkylation sites (N-methyl/N-ethyl adjacent to an activating group) is 1. The molecule has 1 fully saturated rings. The number of carboxylic acid groups (broad SMARTS) is 1. The van der Waals surface area contributed by atoms with E-state index in [0.717, 1.165) is 44.7 Å². The maximum atomic E-state index is 11.0. The quantitative estimate of drug-likeness (QED) is 0.836. The average Bonchev–Trinajstić information content (AvgIpc) is 3.16. The summed E-state index contributed by atoms with van der Waals surface area (Å²) in [6.45, 7) is 5.97. The molecule has 0 unspecified atom stereocenters. The number of imidazole rings is 1. The first-order chi connectivity index (χ1) is 12.2. The smallest absolute Gasteiger partial charge is 0.317 e. The number of carbonyl (C=O) groups is 1. The first-order valence-electron chi connectivity index (χ1n) is 8.91. The molecule has 25 heavy (non-hydrogen) atoms. The summed E-state index contributed by atoms with van der Waals surface area (Å²) in [5.74, 6) is -0.734. The van der Waals surface area contributed by atoms with Crippen LogP contribution in [0.1, 0.15) is 25.3 Å². The van der Waals surface area contributed by atoms with Crippen LogP contribution in [0.5, 0.6) is 0 Å². The Morgan fingerprint density at radius 3 is 2.56 bits per heavy atom. The van der Waals surface area contributed by atoms with Crippen LogP contribution in [0.25, 0.3) is 5.69 Å². The number of aromatic nitrogens is 2. The van der Waals surface area contributed by atoms with Crippen LogP contribution in [0.3, 0.4) is 0 Å². The fourth-order valence-electron chi connectivity index (χ4n) is 3.56. The predicted molar refractivity (Wildman–Crippen MR) is 96.7 cm³/mol. The topological polar surface area (TPSA) is 61.6 Å². The second-order valence-corrected chi connectivity index (χ2v) is 6.60. The summed E-state index contributed by atoms with van der Waals surface area (Å²) in [6.07, 6.45) is 7.59. The van der Waals surface area contributed by atoms with Gasteiger partial charge in [-0.3, -0.25) is 14.6 Å². The third kappa shape index (κ3) is 4.67. The van der Waals surface area contributed by atoms with E-state index < -0.39 is 5.97 Å². The second-order valence-electron chi connectivity index (χ2n) is 6.60. The lowest BCUT2D eigenvalue weighted by molar-refractivity contribution is -0.139. The Balaban J connectivity index is 1.51. The lowest BCUT2D eigenvalue weighted by Crippen LogP contribution is -2.46. The van der Waals surface area contributed by atoms with Gasteiger partial charge in [-0.2, -0.15) is 0 Å². The Labute approximate surface area is 148 Å². The number of nitrogens with zero attached hydrogens (tertiary/aromatic N) is 4. The molecule has 1 saturated heterocycles. The van der Waals surface area contributed by atoms with E-state index >= 15 is 0 Å². The highest BCUT2D eigenvalue weighted by atomic mass is 16.4. The summed E-state index contributed by atoms with van der Waals surface area (Å²) in [7, 11) is 0. The number of hydrogen-bond donors (Lipinski definition) is 1. The van der Waals surface area contributed by atoms with Crippen LogP contribution >= 0.6 is 0 Å². The van der Waals surface area contributed by atoms with Crippen LogP contribution < -0.4 is 0 Å². The first-order valence-corrected chi connectivity index (χ1v) is 8.91. The number of carboxylic acids is 1. The largest absolute Gasteiger partial charge is 0.480 e. The molecule has 2 heterocycles. The van der Waals surface area contributed by atoms with E-state index in [1.165, 1.54) is 5.56 Å². The fraction of sp³-hybridized carbons (Fsp3) is 0.474. The van der Waals surface area contributed by atoms with Gasteiger partial charge in [0.1, 0.15) is 0 Å². The van der Waals surface area contributed by atoms with Gasteiger partial charge in [0.15, 0.2) is 0 Å². The summed E-state index contributed by atoms with van der Waals surface area (Å²) in [6, 6.07) is 8.97. The molecule has 134 valence electrons. The van der Waals surface area contributed by atoms with Gasteiger partial charge in [-0.25, -0.2) is 4.98 Å². The van der Waals surface area contributed by atoms with Gasteiger partial charge >= 0.3 is 5.97 Å². The zero-order chi connectivity index (χ0) is 17.6. The van der Waals surface area contributed by atoms with Crippen LogP contribution in [0, 0.1) is 0 Å². The zero-order valence-electron chi connectivity index (χ0n) is 14.7. The minimum atomic E-state index is -0.734. The van der Waals surface area contributed by atoms with Crippen molar-refractivity contribution in [1.29, 1.82) is 0 Å². The van der Waals surface area contributed by atoms with Crippen LogP contribution in [-0.4, -0.2) is 62.6 Å². The standard InChI is InChI=1S/C19H26N4O2/c1-2-22(14-19(24)25)18-7-10-21(11-8-18)13-16-3-5-17(6-4-16)23-12-9-20-15-23/h3-6,9,12,15,18H,2,7-8,10-11,13-14H2,1H3,(H,24,25). The van der Waals surface area contributed by atoms with E-state index in [-0.39, 0.29) is 6.54 Å². The predicted octanol–water partition coefficient (Wildman–Crippen LogP) is 2.24. The lowest BCUT2D eigenvalue weighted by atomic mass is 10.0. The van der Waals surface area contributed by atoms with Crippen molar-refractivity contribution < 1.29 is 9.90 Å². The van der Waals surface area contributed by atoms with Gasteiger partial charge in [0.25, 0.3) is 0 Å². The molecular weight excluding hydrogens is 316 g/mol. The Morgan fingerprint density at radius 2 is 2.00 bits per heavy atom. The molecule has 0 radical (unpaired) electrons. The average molecular weight is 342 g/mol. The number of aliphatic carboxylic acids is 1. The highest BCUT2D eigenvalue weighted by Gasteiger charge is 2.24. The van der Waals surface area contributed by atoms with Gasteiger partial charge in [-0.05, 0) is 50.2 Å². The Morgan fingerprint density at radius 1 is 1.28 bits per heavy atom. The van der Waals surface area contributed by atoms with E-state index in [4.69, 9.17) is 5.11 Å². The monoisotopic (exact) mass is 342 g/mol. The van der Waals surface area contributed by atoms with Crippen LogP contribution in [0.2, 0.25) is 0 Å². The molecule has 0 amide bonds. The van der Waals surface area contributed by atoms with Crippen molar-refractivity contribution in [3.05, 3.63) is 48.5 Å². The maximum absolute atomic E-state index is 11.0. The van der Waals surface area contributed by atoms with Crippen LogP contribution in [-0.2, 0) is 11.3 Å². The van der Waals surface area contributed by atoms with Gasteiger partial charge < -0.3 is 9.67 Å². The number of rotatable bonds is 7. The maximum Gasteiger partial charge on any atom is 0.317 e. The molecular formula is C19H26N4O2. The van der Waals surface area contributed by atoms with Gasteiger partial charge in [0, 0.05) is 30.7 Å². The normalized spacial score (nSPS) is 16.4. The summed E-state index contributed by atoms with van der Waals surface area (Å²) in [5.41, 5.74) is 2.42. The molecule has 1 aliphatic rings. The minimum absolute atomic E-state index is 0.150. The number of hydrogen-bond acceptors (Lipinski definition) is 4. The molecule has 6 nitrogen and oxygen atoms in total. The van der Waals surface area contributed by atoms with Crippen molar-refractivity contribution in [1.82, 2.24) is 19.4 Å². The molecule has 0 bridgehead atoms. The highest BCUT2D eigenvalue weighted by molar-refractivity contribution is 5.69. The summed E-state index contributed by atoms with van der Waals surface area (Å²) >= 11 is 0. The highest BCUT2D eigenvalue weighted by Crippen LogP contribution is 2.19. The molecule has 1 aromatic carbocycles. The molecule has 0 aliphatic carbocycles. The van der Waals surface area contributed by atoms with Crippen molar-refractivity contribution >= 4 is 5.97 Å². The Hall–Kier alpha value is -2.18. The van der Waals surface area contributed by atoms with Crippen LogP contribution in [0.4, 0.5) is 0 Å². The van der Waals surface area contributed by atoms with Crippen molar-refractivity contribution in [2.45, 2.75) is 32.4 Å². The molecule has 1 N–H and O–H groups in total. The third-order valence-electron chi connectivity index (χ3n) is 4.96. The Kier molecular flexibility index (Phi) is 5.83. The Bertz CT molecular complexity index is 661. The molecule has 6 heteroatoms. The molecule has 2 aromatic rings. The SMILES string of the molecule is CCN(CC(=O)O)C1CCN(Cc2ccc(-n3ccnc3)cc2)CC1. The molecule has 0 atom stereocenters. The van der Waals surface area contributed by atoms with Crippen molar-refractivity contribution in [3.8, 4) is 5.69 Å². The summed E-state index contributed by atoms with van der Waals surface area (Å²) in [5, 5.41) is 9.03. The molecule has 1 aromatic heterocycles. The van der Waals surface area contributed by atoms with Crippen molar-refractivity contribution in [2.75, 3.05) is 26.2 Å². The molecule has 0 spiro atoms. The number of piperidine rings is 1. The van der Waals surface area contributed by atoms with Crippen LogP contribution in [0.15, 0.2) is 43.0 Å².